The Balaban J connectivity index is 2.86. The standard InChI is InChI=1S/C13H22ClN3O/c1-4-7-11-12(14)15-10-16-13(11)17(5-2)8-9-18-6-3/h10H,4-9H2,1-3H3. The van der Waals surface area contributed by atoms with Gasteiger partial charge in [-0.2, -0.15) is 0 Å². The highest BCUT2D eigenvalue weighted by molar-refractivity contribution is 6.30. The van der Waals surface area contributed by atoms with Crippen LogP contribution in [0.1, 0.15) is 32.8 Å². The molecule has 0 aliphatic heterocycles. The molecular weight excluding hydrogens is 250 g/mol. The van der Waals surface area contributed by atoms with Crippen LogP contribution in [0.3, 0.4) is 0 Å². The van der Waals surface area contributed by atoms with Crippen LogP contribution in [0, 0.1) is 0 Å². The van der Waals surface area contributed by atoms with Gasteiger partial charge in [-0.15, -0.1) is 0 Å². The van der Waals surface area contributed by atoms with Crippen LogP contribution >= 0.6 is 11.6 Å². The van der Waals surface area contributed by atoms with Gasteiger partial charge in [0.25, 0.3) is 0 Å². The van der Waals surface area contributed by atoms with Gasteiger partial charge < -0.3 is 9.64 Å². The highest BCUT2D eigenvalue weighted by atomic mass is 35.5. The molecule has 0 aromatic carbocycles. The maximum Gasteiger partial charge on any atom is 0.137 e. The molecule has 0 aliphatic rings. The molecule has 1 aromatic rings. The highest BCUT2D eigenvalue weighted by Gasteiger charge is 2.14. The molecule has 1 rings (SSSR count). The van der Waals surface area contributed by atoms with Crippen LogP contribution in [0.15, 0.2) is 6.33 Å². The van der Waals surface area contributed by atoms with E-state index in [1.54, 1.807) is 0 Å². The van der Waals surface area contributed by atoms with E-state index in [2.05, 4.69) is 28.7 Å². The van der Waals surface area contributed by atoms with Crippen LogP contribution in [0.4, 0.5) is 5.82 Å². The third-order valence-corrected chi connectivity index (χ3v) is 3.09. The highest BCUT2D eigenvalue weighted by Crippen LogP contribution is 2.24. The van der Waals surface area contributed by atoms with E-state index in [1.165, 1.54) is 6.33 Å². The Morgan fingerprint density at radius 1 is 1.28 bits per heavy atom. The van der Waals surface area contributed by atoms with Crippen molar-refractivity contribution in [1.29, 1.82) is 0 Å². The van der Waals surface area contributed by atoms with Gasteiger partial charge in [-0.1, -0.05) is 24.9 Å². The molecule has 0 spiro atoms. The molecule has 0 saturated carbocycles. The average Bonchev–Trinajstić information content (AvgIpc) is 2.38. The first-order chi connectivity index (χ1) is 8.74. The molecule has 0 aliphatic carbocycles. The largest absolute Gasteiger partial charge is 0.380 e. The Labute approximate surface area is 114 Å². The number of hydrogen-bond acceptors (Lipinski definition) is 4. The van der Waals surface area contributed by atoms with Gasteiger partial charge in [0.2, 0.25) is 0 Å². The van der Waals surface area contributed by atoms with Gasteiger partial charge in [-0.3, -0.25) is 0 Å². The molecule has 0 saturated heterocycles. The van der Waals surface area contributed by atoms with Crippen molar-refractivity contribution in [2.75, 3.05) is 31.2 Å². The molecule has 18 heavy (non-hydrogen) atoms. The molecule has 0 bridgehead atoms. The number of hydrogen-bond donors (Lipinski definition) is 0. The van der Waals surface area contributed by atoms with E-state index >= 15 is 0 Å². The summed E-state index contributed by atoms with van der Waals surface area (Å²) in [5, 5.41) is 0.566. The van der Waals surface area contributed by atoms with Gasteiger partial charge in [0.15, 0.2) is 0 Å². The maximum atomic E-state index is 6.16. The molecule has 4 nitrogen and oxygen atoms in total. The number of aromatic nitrogens is 2. The zero-order valence-corrected chi connectivity index (χ0v) is 12.2. The van der Waals surface area contributed by atoms with Crippen LogP contribution in [-0.2, 0) is 11.2 Å². The summed E-state index contributed by atoms with van der Waals surface area (Å²) in [7, 11) is 0. The number of ether oxygens (including phenoxy) is 1. The second-order valence-electron chi connectivity index (χ2n) is 3.99. The molecule has 1 heterocycles. The summed E-state index contributed by atoms with van der Waals surface area (Å²) in [4.78, 5) is 10.6. The van der Waals surface area contributed by atoms with Crippen molar-refractivity contribution in [3.63, 3.8) is 0 Å². The fraction of sp³-hybridized carbons (Fsp3) is 0.692. The molecular formula is C13H22ClN3O. The lowest BCUT2D eigenvalue weighted by Crippen LogP contribution is -2.29. The van der Waals surface area contributed by atoms with Gasteiger partial charge in [0.1, 0.15) is 17.3 Å². The zero-order valence-electron chi connectivity index (χ0n) is 11.4. The summed E-state index contributed by atoms with van der Waals surface area (Å²) in [5.74, 6) is 0.944. The van der Waals surface area contributed by atoms with Gasteiger partial charge in [0, 0.05) is 25.3 Å². The minimum atomic E-state index is 0.566. The lowest BCUT2D eigenvalue weighted by molar-refractivity contribution is 0.154. The van der Waals surface area contributed by atoms with Crippen LogP contribution in [0.2, 0.25) is 5.15 Å². The molecule has 0 unspecified atom stereocenters. The Kier molecular flexibility index (Phi) is 6.98. The minimum absolute atomic E-state index is 0.566. The maximum absolute atomic E-state index is 6.16. The van der Waals surface area contributed by atoms with Gasteiger partial charge in [0.05, 0.1) is 6.61 Å². The molecule has 0 amide bonds. The van der Waals surface area contributed by atoms with Crippen molar-refractivity contribution in [3.8, 4) is 0 Å². The van der Waals surface area contributed by atoms with E-state index in [-0.39, 0.29) is 0 Å². The normalized spacial score (nSPS) is 10.7. The summed E-state index contributed by atoms with van der Waals surface area (Å²) >= 11 is 6.16. The summed E-state index contributed by atoms with van der Waals surface area (Å²) in [5.41, 5.74) is 1.04. The van der Waals surface area contributed by atoms with Crippen LogP contribution < -0.4 is 4.90 Å². The van der Waals surface area contributed by atoms with Crippen molar-refractivity contribution in [2.45, 2.75) is 33.6 Å². The molecule has 1 aromatic heterocycles. The van der Waals surface area contributed by atoms with Gasteiger partial charge in [-0.05, 0) is 20.3 Å². The van der Waals surface area contributed by atoms with Crippen LogP contribution in [0.5, 0.6) is 0 Å². The Morgan fingerprint density at radius 3 is 2.67 bits per heavy atom. The quantitative estimate of drug-likeness (QED) is 0.538. The summed E-state index contributed by atoms with van der Waals surface area (Å²) in [6.07, 6.45) is 3.46. The van der Waals surface area contributed by atoms with Crippen LogP contribution in [0.25, 0.3) is 0 Å². The minimum Gasteiger partial charge on any atom is -0.380 e. The lowest BCUT2D eigenvalue weighted by Gasteiger charge is -2.24. The Morgan fingerprint density at radius 2 is 2.06 bits per heavy atom. The number of nitrogens with zero attached hydrogens (tertiary/aromatic N) is 3. The number of rotatable bonds is 8. The van der Waals surface area contributed by atoms with Crippen LogP contribution in [-0.4, -0.2) is 36.3 Å². The first-order valence-electron chi connectivity index (χ1n) is 6.56. The predicted octanol–water partition coefficient (Wildman–Crippen LogP) is 2.95. The number of anilines is 1. The fourth-order valence-electron chi connectivity index (χ4n) is 1.85. The SMILES string of the molecule is CCCc1c(Cl)ncnc1N(CC)CCOCC. The monoisotopic (exact) mass is 271 g/mol. The number of likely N-dealkylation sites (N-methyl/N-ethyl adjacent to an activating group) is 1. The summed E-state index contributed by atoms with van der Waals surface area (Å²) < 4.78 is 5.40. The van der Waals surface area contributed by atoms with Crippen molar-refractivity contribution in [2.24, 2.45) is 0 Å². The topological polar surface area (TPSA) is 38.2 Å². The van der Waals surface area contributed by atoms with Crippen molar-refractivity contribution in [3.05, 3.63) is 17.0 Å². The molecule has 0 atom stereocenters. The van der Waals surface area contributed by atoms with E-state index in [0.717, 1.165) is 43.9 Å². The second kappa shape index (κ2) is 8.27. The summed E-state index contributed by atoms with van der Waals surface area (Å²) in [6.45, 7) is 9.40. The molecule has 102 valence electrons. The Hall–Kier alpha value is -0.870. The van der Waals surface area contributed by atoms with Gasteiger partial charge >= 0.3 is 0 Å². The molecule has 0 radical (unpaired) electrons. The van der Waals surface area contributed by atoms with E-state index in [1.807, 2.05) is 6.92 Å². The predicted molar refractivity (Wildman–Crippen MR) is 75.4 cm³/mol. The van der Waals surface area contributed by atoms with Crippen molar-refractivity contribution in [1.82, 2.24) is 9.97 Å². The van der Waals surface area contributed by atoms with E-state index in [0.29, 0.717) is 11.8 Å². The molecule has 5 heteroatoms. The molecule has 0 N–H and O–H groups in total. The Bertz CT molecular complexity index is 360. The zero-order chi connectivity index (χ0) is 13.4. The first kappa shape index (κ1) is 15.2. The van der Waals surface area contributed by atoms with E-state index < -0.39 is 0 Å². The third kappa shape index (κ3) is 4.10. The first-order valence-corrected chi connectivity index (χ1v) is 6.94. The average molecular weight is 272 g/mol. The summed E-state index contributed by atoms with van der Waals surface area (Å²) in [6, 6.07) is 0. The molecule has 0 fully saturated rings. The van der Waals surface area contributed by atoms with Gasteiger partial charge in [-0.25, -0.2) is 9.97 Å². The third-order valence-electron chi connectivity index (χ3n) is 2.76. The second-order valence-corrected chi connectivity index (χ2v) is 4.35. The van der Waals surface area contributed by atoms with Crippen molar-refractivity contribution < 1.29 is 4.74 Å². The van der Waals surface area contributed by atoms with Crippen molar-refractivity contribution >= 4 is 17.4 Å². The lowest BCUT2D eigenvalue weighted by atomic mass is 10.1. The smallest absolute Gasteiger partial charge is 0.137 e. The van der Waals surface area contributed by atoms with E-state index in [9.17, 15) is 0 Å². The fourth-order valence-corrected chi connectivity index (χ4v) is 2.08. The number of halogens is 1. The van der Waals surface area contributed by atoms with E-state index in [4.69, 9.17) is 16.3 Å².